The van der Waals surface area contributed by atoms with Crippen LogP contribution in [0.4, 0.5) is 0 Å². The highest BCUT2D eigenvalue weighted by molar-refractivity contribution is 7.08. The zero-order chi connectivity index (χ0) is 10.7. The summed E-state index contributed by atoms with van der Waals surface area (Å²) < 4.78 is 5.21. The van der Waals surface area contributed by atoms with Gasteiger partial charge in [-0.2, -0.15) is 11.3 Å². The van der Waals surface area contributed by atoms with Gasteiger partial charge in [0.15, 0.2) is 0 Å². The minimum atomic E-state index is -0.782. The van der Waals surface area contributed by atoms with Gasteiger partial charge in [-0.25, -0.2) is 0 Å². The maximum Gasteiger partial charge on any atom is 0.325 e. The number of hydrogen-bond acceptors (Lipinski definition) is 4. The third kappa shape index (κ3) is 2.37. The summed E-state index contributed by atoms with van der Waals surface area (Å²) in [4.78, 5) is 13.2. The van der Waals surface area contributed by atoms with E-state index in [4.69, 9.17) is 4.74 Å². The fraction of sp³-hybridized carbons (Fsp3) is 0.500. The normalized spacial score (nSPS) is 20.0. The van der Waals surface area contributed by atoms with Crippen molar-refractivity contribution in [3.63, 3.8) is 0 Å². The van der Waals surface area contributed by atoms with Gasteiger partial charge < -0.3 is 9.84 Å². The van der Waals surface area contributed by atoms with Gasteiger partial charge in [-0.05, 0) is 22.4 Å². The molecule has 0 aliphatic carbocycles. The number of carbonyl (C=O) groups is 1. The van der Waals surface area contributed by atoms with Crippen LogP contribution in [0.2, 0.25) is 0 Å². The smallest absolute Gasteiger partial charge is 0.325 e. The molecule has 15 heavy (non-hydrogen) atoms. The maximum absolute atomic E-state index is 11.2. The number of thiophene rings is 1. The van der Waals surface area contributed by atoms with Crippen LogP contribution in [0.1, 0.15) is 11.6 Å². The quantitative estimate of drug-likeness (QED) is 0.843. The minimum Gasteiger partial charge on any atom is -0.480 e. The number of hydrogen-bond donors (Lipinski definition) is 1. The molecule has 0 unspecified atom stereocenters. The lowest BCUT2D eigenvalue weighted by Crippen LogP contribution is -2.42. The Kier molecular flexibility index (Phi) is 3.35. The van der Waals surface area contributed by atoms with E-state index in [0.29, 0.717) is 26.3 Å². The Balaban J connectivity index is 2.15. The summed E-state index contributed by atoms with van der Waals surface area (Å²) in [5.41, 5.74) is 0.870. The first-order valence-electron chi connectivity index (χ1n) is 4.86. The molecule has 1 atom stereocenters. The summed E-state index contributed by atoms with van der Waals surface area (Å²) in [5, 5.41) is 13.0. The van der Waals surface area contributed by atoms with E-state index < -0.39 is 12.0 Å². The topological polar surface area (TPSA) is 49.8 Å². The van der Waals surface area contributed by atoms with Gasteiger partial charge in [0.2, 0.25) is 0 Å². The number of aliphatic carboxylic acids is 1. The first-order chi connectivity index (χ1) is 7.29. The van der Waals surface area contributed by atoms with Gasteiger partial charge in [-0.3, -0.25) is 9.69 Å². The molecule has 1 aromatic rings. The van der Waals surface area contributed by atoms with E-state index in [2.05, 4.69) is 0 Å². The van der Waals surface area contributed by atoms with Gasteiger partial charge >= 0.3 is 5.97 Å². The largest absolute Gasteiger partial charge is 0.480 e. The van der Waals surface area contributed by atoms with Crippen LogP contribution in [-0.2, 0) is 9.53 Å². The van der Waals surface area contributed by atoms with Crippen LogP contribution < -0.4 is 0 Å². The predicted octanol–water partition coefficient (Wildman–Crippen LogP) is 1.21. The van der Waals surface area contributed by atoms with Gasteiger partial charge in [-0.15, -0.1) is 0 Å². The fourth-order valence-corrected chi connectivity index (χ4v) is 2.45. The monoisotopic (exact) mass is 227 g/mol. The Morgan fingerprint density at radius 3 is 2.80 bits per heavy atom. The van der Waals surface area contributed by atoms with Crippen molar-refractivity contribution in [3.8, 4) is 0 Å². The molecule has 1 fully saturated rings. The Hall–Kier alpha value is -0.910. The molecule has 1 aromatic heterocycles. The van der Waals surface area contributed by atoms with Crippen molar-refractivity contribution < 1.29 is 14.6 Å². The number of carboxylic acid groups (broad SMARTS) is 1. The van der Waals surface area contributed by atoms with E-state index in [0.717, 1.165) is 5.56 Å². The van der Waals surface area contributed by atoms with E-state index >= 15 is 0 Å². The molecule has 0 amide bonds. The molecule has 1 aliphatic heterocycles. The highest BCUT2D eigenvalue weighted by Crippen LogP contribution is 2.23. The molecule has 0 aromatic carbocycles. The van der Waals surface area contributed by atoms with Crippen molar-refractivity contribution in [1.29, 1.82) is 0 Å². The third-order valence-electron chi connectivity index (χ3n) is 2.50. The SMILES string of the molecule is O=C(O)[C@@H](c1ccsc1)N1CCOCC1. The van der Waals surface area contributed by atoms with Gasteiger partial charge in [0.05, 0.1) is 13.2 Å². The van der Waals surface area contributed by atoms with Crippen LogP contribution in [0.3, 0.4) is 0 Å². The van der Waals surface area contributed by atoms with Crippen LogP contribution >= 0.6 is 11.3 Å². The molecule has 0 saturated carbocycles. The van der Waals surface area contributed by atoms with E-state index in [1.165, 1.54) is 11.3 Å². The molecule has 2 rings (SSSR count). The molecule has 1 aliphatic rings. The Morgan fingerprint density at radius 2 is 2.27 bits per heavy atom. The van der Waals surface area contributed by atoms with Crippen LogP contribution in [0, 0.1) is 0 Å². The summed E-state index contributed by atoms with van der Waals surface area (Å²) >= 11 is 1.53. The summed E-state index contributed by atoms with van der Waals surface area (Å²) in [6.07, 6.45) is 0. The second kappa shape index (κ2) is 4.74. The first-order valence-corrected chi connectivity index (χ1v) is 5.80. The predicted molar refractivity (Wildman–Crippen MR) is 57.1 cm³/mol. The average Bonchev–Trinajstić information content (AvgIpc) is 2.72. The van der Waals surface area contributed by atoms with Gasteiger partial charge in [0, 0.05) is 13.1 Å². The van der Waals surface area contributed by atoms with Crippen LogP contribution in [0.15, 0.2) is 16.8 Å². The van der Waals surface area contributed by atoms with E-state index in [-0.39, 0.29) is 0 Å². The van der Waals surface area contributed by atoms with Crippen molar-refractivity contribution in [2.75, 3.05) is 26.3 Å². The Bertz CT molecular complexity index is 319. The number of carboxylic acids is 1. The minimum absolute atomic E-state index is 0.514. The lowest BCUT2D eigenvalue weighted by molar-refractivity contribution is -0.145. The van der Waals surface area contributed by atoms with Gasteiger partial charge in [-0.1, -0.05) is 0 Å². The van der Waals surface area contributed by atoms with Crippen molar-refractivity contribution in [2.45, 2.75) is 6.04 Å². The number of rotatable bonds is 3. The molecular formula is C10H13NO3S. The first kappa shape index (κ1) is 10.6. The lowest BCUT2D eigenvalue weighted by atomic mass is 10.1. The highest BCUT2D eigenvalue weighted by atomic mass is 32.1. The molecule has 1 N–H and O–H groups in total. The van der Waals surface area contributed by atoms with E-state index in [1.807, 2.05) is 21.7 Å². The van der Waals surface area contributed by atoms with Crippen molar-refractivity contribution in [1.82, 2.24) is 4.90 Å². The number of nitrogens with zero attached hydrogens (tertiary/aromatic N) is 1. The summed E-state index contributed by atoms with van der Waals surface area (Å²) in [6.45, 7) is 2.61. The second-order valence-corrected chi connectivity index (χ2v) is 4.23. The molecule has 0 spiro atoms. The Morgan fingerprint density at radius 1 is 1.53 bits per heavy atom. The number of morpholine rings is 1. The lowest BCUT2D eigenvalue weighted by Gasteiger charge is -2.31. The molecule has 1 saturated heterocycles. The standard InChI is InChI=1S/C10H13NO3S/c12-10(13)9(8-1-6-15-7-8)11-2-4-14-5-3-11/h1,6-7,9H,2-5H2,(H,12,13)/t9-/m1/s1. The van der Waals surface area contributed by atoms with E-state index in [1.54, 1.807) is 0 Å². The molecule has 82 valence electrons. The van der Waals surface area contributed by atoms with Gasteiger partial charge in [0.25, 0.3) is 0 Å². The zero-order valence-corrected chi connectivity index (χ0v) is 9.07. The summed E-state index contributed by atoms with van der Waals surface area (Å²) in [5.74, 6) is -0.782. The molecule has 0 radical (unpaired) electrons. The number of ether oxygens (including phenoxy) is 1. The van der Waals surface area contributed by atoms with Crippen LogP contribution in [0.5, 0.6) is 0 Å². The van der Waals surface area contributed by atoms with Gasteiger partial charge in [0.1, 0.15) is 6.04 Å². The van der Waals surface area contributed by atoms with E-state index in [9.17, 15) is 9.90 Å². The fourth-order valence-electron chi connectivity index (χ4n) is 1.78. The molecule has 0 bridgehead atoms. The highest BCUT2D eigenvalue weighted by Gasteiger charge is 2.28. The van der Waals surface area contributed by atoms with Crippen molar-refractivity contribution in [2.24, 2.45) is 0 Å². The second-order valence-electron chi connectivity index (χ2n) is 3.45. The molecule has 4 nitrogen and oxygen atoms in total. The third-order valence-corrected chi connectivity index (χ3v) is 3.21. The van der Waals surface area contributed by atoms with Crippen LogP contribution in [-0.4, -0.2) is 42.3 Å². The summed E-state index contributed by atoms with van der Waals surface area (Å²) in [6, 6.07) is 1.36. The van der Waals surface area contributed by atoms with Crippen molar-refractivity contribution >= 4 is 17.3 Å². The molecule has 2 heterocycles. The Labute approximate surface area is 92.1 Å². The average molecular weight is 227 g/mol. The van der Waals surface area contributed by atoms with Crippen molar-refractivity contribution in [3.05, 3.63) is 22.4 Å². The zero-order valence-electron chi connectivity index (χ0n) is 8.26. The van der Waals surface area contributed by atoms with Crippen LogP contribution in [0.25, 0.3) is 0 Å². The summed E-state index contributed by atoms with van der Waals surface area (Å²) in [7, 11) is 0. The maximum atomic E-state index is 11.2. The molecule has 5 heteroatoms. The molecular weight excluding hydrogens is 214 g/mol.